The fourth-order valence-corrected chi connectivity index (χ4v) is 2.21. The molecule has 1 aliphatic heterocycles. The van der Waals surface area contributed by atoms with E-state index in [0.717, 1.165) is 11.3 Å². The van der Waals surface area contributed by atoms with Crippen LogP contribution < -0.4 is 16.0 Å². The highest BCUT2D eigenvalue weighted by Crippen LogP contribution is 2.24. The fourth-order valence-electron chi connectivity index (χ4n) is 2.21. The molecule has 0 unspecified atom stereocenters. The van der Waals surface area contributed by atoms with Crippen LogP contribution >= 0.6 is 0 Å². The Morgan fingerprint density at radius 2 is 2.00 bits per heavy atom. The summed E-state index contributed by atoms with van der Waals surface area (Å²) in [5.74, 6) is -0.327. The Morgan fingerprint density at radius 1 is 1.30 bits per heavy atom. The maximum atomic E-state index is 12.0. The van der Waals surface area contributed by atoms with Gasteiger partial charge in [-0.2, -0.15) is 0 Å². The number of para-hydroxylation sites is 1. The standard InChI is InChI=1S/C15H21N3O2/c1-15(2,3)18-13(19)9-16-14(20)12-8-10-6-4-5-7-11(10)17-12/h4-7,12,17H,8-9H2,1-3H3,(H,16,20)(H,18,19)/t12-/m0/s1. The second-order valence-corrected chi connectivity index (χ2v) is 6.07. The minimum atomic E-state index is -0.296. The van der Waals surface area contributed by atoms with Crippen LogP contribution in [0, 0.1) is 0 Å². The summed E-state index contributed by atoms with van der Waals surface area (Å²) in [5.41, 5.74) is 1.84. The monoisotopic (exact) mass is 275 g/mol. The molecule has 1 heterocycles. The van der Waals surface area contributed by atoms with Gasteiger partial charge < -0.3 is 16.0 Å². The molecule has 0 aromatic heterocycles. The maximum absolute atomic E-state index is 12.0. The Hall–Kier alpha value is -2.04. The number of hydrogen-bond donors (Lipinski definition) is 3. The van der Waals surface area contributed by atoms with Gasteiger partial charge in [-0.1, -0.05) is 18.2 Å². The number of carbonyl (C=O) groups is 2. The normalized spacial score (nSPS) is 17.1. The van der Waals surface area contributed by atoms with E-state index in [1.165, 1.54) is 0 Å². The van der Waals surface area contributed by atoms with Gasteiger partial charge in [-0.25, -0.2) is 0 Å². The molecule has 0 bridgehead atoms. The lowest BCUT2D eigenvalue weighted by atomic mass is 10.1. The van der Waals surface area contributed by atoms with Gasteiger partial charge in [0.05, 0.1) is 6.54 Å². The largest absolute Gasteiger partial charge is 0.373 e. The molecule has 0 saturated heterocycles. The quantitative estimate of drug-likeness (QED) is 0.772. The van der Waals surface area contributed by atoms with Crippen LogP contribution in [0.3, 0.4) is 0 Å². The molecule has 108 valence electrons. The average Bonchev–Trinajstić information content (AvgIpc) is 2.77. The first kappa shape index (κ1) is 14.4. The lowest BCUT2D eigenvalue weighted by molar-refractivity contribution is -0.127. The highest BCUT2D eigenvalue weighted by molar-refractivity contribution is 5.90. The van der Waals surface area contributed by atoms with Gasteiger partial charge >= 0.3 is 0 Å². The minimum absolute atomic E-state index is 0.00459. The molecule has 0 aliphatic carbocycles. The van der Waals surface area contributed by atoms with Crippen LogP contribution in [0.2, 0.25) is 0 Å². The molecule has 1 atom stereocenters. The van der Waals surface area contributed by atoms with Crippen molar-refractivity contribution in [3.63, 3.8) is 0 Å². The molecule has 3 N–H and O–H groups in total. The van der Waals surface area contributed by atoms with Crippen LogP contribution in [-0.2, 0) is 16.0 Å². The first-order valence-corrected chi connectivity index (χ1v) is 6.78. The van der Waals surface area contributed by atoms with E-state index in [2.05, 4.69) is 16.0 Å². The summed E-state index contributed by atoms with van der Waals surface area (Å²) in [6, 6.07) is 7.55. The third-order valence-corrected chi connectivity index (χ3v) is 3.03. The predicted molar refractivity (Wildman–Crippen MR) is 78.5 cm³/mol. The second-order valence-electron chi connectivity index (χ2n) is 6.07. The van der Waals surface area contributed by atoms with Gasteiger partial charge in [-0.15, -0.1) is 0 Å². The molecule has 5 nitrogen and oxygen atoms in total. The first-order valence-electron chi connectivity index (χ1n) is 6.78. The zero-order valence-corrected chi connectivity index (χ0v) is 12.1. The van der Waals surface area contributed by atoms with Gasteiger partial charge in [0.15, 0.2) is 0 Å². The van der Waals surface area contributed by atoms with Crippen molar-refractivity contribution in [2.24, 2.45) is 0 Å². The number of fused-ring (bicyclic) bond motifs is 1. The summed E-state index contributed by atoms with van der Waals surface area (Å²) in [4.78, 5) is 23.7. The van der Waals surface area contributed by atoms with E-state index >= 15 is 0 Å². The Morgan fingerprint density at radius 3 is 2.65 bits per heavy atom. The molecule has 20 heavy (non-hydrogen) atoms. The number of benzene rings is 1. The third kappa shape index (κ3) is 3.73. The van der Waals surface area contributed by atoms with Crippen molar-refractivity contribution in [1.82, 2.24) is 10.6 Å². The number of rotatable bonds is 3. The third-order valence-electron chi connectivity index (χ3n) is 3.03. The molecule has 0 radical (unpaired) electrons. The molecular formula is C15H21N3O2. The zero-order chi connectivity index (χ0) is 14.8. The van der Waals surface area contributed by atoms with E-state index < -0.39 is 0 Å². The van der Waals surface area contributed by atoms with E-state index in [0.29, 0.717) is 6.42 Å². The first-order chi connectivity index (χ1) is 9.35. The topological polar surface area (TPSA) is 70.2 Å². The number of hydrogen-bond acceptors (Lipinski definition) is 3. The molecule has 2 rings (SSSR count). The minimum Gasteiger partial charge on any atom is -0.373 e. The Bertz CT molecular complexity index is 495. The molecular weight excluding hydrogens is 254 g/mol. The average molecular weight is 275 g/mol. The lowest BCUT2D eigenvalue weighted by Crippen LogP contribution is -2.48. The van der Waals surface area contributed by atoms with Crippen LogP contribution in [0.1, 0.15) is 26.3 Å². The van der Waals surface area contributed by atoms with Gasteiger partial charge in [0.1, 0.15) is 6.04 Å². The van der Waals surface area contributed by atoms with Crippen LogP contribution in [0.15, 0.2) is 24.3 Å². The molecule has 1 aliphatic rings. The van der Waals surface area contributed by atoms with Crippen LogP contribution in [0.5, 0.6) is 0 Å². The van der Waals surface area contributed by atoms with Crippen molar-refractivity contribution in [3.8, 4) is 0 Å². The van der Waals surface area contributed by atoms with Gasteiger partial charge in [0.25, 0.3) is 0 Å². The number of amides is 2. The van der Waals surface area contributed by atoms with Crippen molar-refractivity contribution >= 4 is 17.5 Å². The summed E-state index contributed by atoms with van der Waals surface area (Å²) in [6.45, 7) is 5.72. The van der Waals surface area contributed by atoms with Gasteiger partial charge in [0.2, 0.25) is 11.8 Å². The van der Waals surface area contributed by atoms with Gasteiger partial charge in [0, 0.05) is 17.6 Å². The van der Waals surface area contributed by atoms with Crippen molar-refractivity contribution in [2.75, 3.05) is 11.9 Å². The molecule has 5 heteroatoms. The van der Waals surface area contributed by atoms with E-state index in [1.807, 2.05) is 45.0 Å². The van der Waals surface area contributed by atoms with Crippen molar-refractivity contribution < 1.29 is 9.59 Å². The van der Waals surface area contributed by atoms with Crippen molar-refractivity contribution in [3.05, 3.63) is 29.8 Å². The summed E-state index contributed by atoms with van der Waals surface area (Å²) in [6.07, 6.45) is 0.656. The second kappa shape index (κ2) is 5.53. The van der Waals surface area contributed by atoms with Gasteiger partial charge in [-0.3, -0.25) is 9.59 Å². The Balaban J connectivity index is 1.81. The molecule has 0 spiro atoms. The van der Waals surface area contributed by atoms with E-state index in [9.17, 15) is 9.59 Å². The predicted octanol–water partition coefficient (Wildman–Crippen LogP) is 1.05. The maximum Gasteiger partial charge on any atom is 0.243 e. The highest BCUT2D eigenvalue weighted by atomic mass is 16.2. The summed E-state index contributed by atoms with van der Waals surface area (Å²) in [5, 5.41) is 8.64. The van der Waals surface area contributed by atoms with Crippen molar-refractivity contribution in [1.29, 1.82) is 0 Å². The number of nitrogens with one attached hydrogen (secondary N) is 3. The van der Waals surface area contributed by atoms with Crippen LogP contribution in [0.25, 0.3) is 0 Å². The number of anilines is 1. The van der Waals surface area contributed by atoms with E-state index in [-0.39, 0.29) is 29.9 Å². The lowest BCUT2D eigenvalue weighted by Gasteiger charge is -2.21. The number of carbonyl (C=O) groups excluding carboxylic acids is 2. The molecule has 0 saturated carbocycles. The molecule has 0 fully saturated rings. The highest BCUT2D eigenvalue weighted by Gasteiger charge is 2.26. The van der Waals surface area contributed by atoms with Gasteiger partial charge in [-0.05, 0) is 32.4 Å². The smallest absolute Gasteiger partial charge is 0.243 e. The molecule has 1 aromatic carbocycles. The zero-order valence-electron chi connectivity index (χ0n) is 12.1. The van der Waals surface area contributed by atoms with Crippen LogP contribution in [0.4, 0.5) is 5.69 Å². The van der Waals surface area contributed by atoms with Crippen molar-refractivity contribution in [2.45, 2.75) is 38.8 Å². The SMILES string of the molecule is CC(C)(C)NC(=O)CNC(=O)[C@@H]1Cc2ccccc2N1. The Kier molecular flexibility index (Phi) is 3.97. The molecule has 1 aromatic rings. The van der Waals surface area contributed by atoms with E-state index in [4.69, 9.17) is 0 Å². The summed E-state index contributed by atoms with van der Waals surface area (Å²) < 4.78 is 0. The summed E-state index contributed by atoms with van der Waals surface area (Å²) >= 11 is 0. The Labute approximate surface area is 119 Å². The van der Waals surface area contributed by atoms with Crippen LogP contribution in [-0.4, -0.2) is 29.9 Å². The van der Waals surface area contributed by atoms with E-state index in [1.54, 1.807) is 0 Å². The fraction of sp³-hybridized carbons (Fsp3) is 0.467. The molecule has 2 amide bonds. The summed E-state index contributed by atoms with van der Waals surface area (Å²) in [7, 11) is 0.